The normalized spacial score (nSPS) is 13.7. The van der Waals surface area contributed by atoms with Gasteiger partial charge in [0.15, 0.2) is 0 Å². The van der Waals surface area contributed by atoms with E-state index < -0.39 is 5.54 Å². The SMILES string of the molecule is CCCCCCCCCCCCCCC(CC)(NCCCCC)C(N)=O. The first kappa shape index (κ1) is 25.4. The third-order valence-electron chi connectivity index (χ3n) is 5.78. The molecule has 3 nitrogen and oxygen atoms in total. The van der Waals surface area contributed by atoms with Crippen molar-refractivity contribution in [3.05, 3.63) is 0 Å². The van der Waals surface area contributed by atoms with Crippen molar-refractivity contribution in [3.63, 3.8) is 0 Å². The van der Waals surface area contributed by atoms with Gasteiger partial charge in [-0.2, -0.15) is 0 Å². The maximum Gasteiger partial charge on any atom is 0.237 e. The van der Waals surface area contributed by atoms with Crippen LogP contribution in [0.1, 0.15) is 130 Å². The maximum atomic E-state index is 12.0. The number of hydrogen-bond acceptors (Lipinski definition) is 2. The van der Waals surface area contributed by atoms with Crippen LogP contribution in [0.3, 0.4) is 0 Å². The van der Waals surface area contributed by atoms with Gasteiger partial charge in [0, 0.05) is 0 Å². The lowest BCUT2D eigenvalue weighted by Crippen LogP contribution is -2.55. The van der Waals surface area contributed by atoms with Crippen LogP contribution >= 0.6 is 0 Å². The van der Waals surface area contributed by atoms with E-state index >= 15 is 0 Å². The maximum absolute atomic E-state index is 12.0. The number of carbonyl (C=O) groups is 1. The molecule has 26 heavy (non-hydrogen) atoms. The molecule has 0 aromatic carbocycles. The van der Waals surface area contributed by atoms with Gasteiger partial charge in [0.1, 0.15) is 0 Å². The Balaban J connectivity index is 3.74. The van der Waals surface area contributed by atoms with Crippen molar-refractivity contribution < 1.29 is 4.79 Å². The monoisotopic (exact) mass is 368 g/mol. The Morgan fingerprint density at radius 3 is 1.54 bits per heavy atom. The predicted octanol–water partition coefficient (Wildman–Crippen LogP) is 6.49. The molecule has 1 amide bonds. The third kappa shape index (κ3) is 12.7. The summed E-state index contributed by atoms with van der Waals surface area (Å²) in [7, 11) is 0. The first-order chi connectivity index (χ1) is 12.6. The molecule has 0 heterocycles. The number of amides is 1. The van der Waals surface area contributed by atoms with Crippen LogP contribution in [0.25, 0.3) is 0 Å². The largest absolute Gasteiger partial charge is 0.368 e. The Morgan fingerprint density at radius 2 is 1.12 bits per heavy atom. The van der Waals surface area contributed by atoms with Crippen LogP contribution < -0.4 is 11.1 Å². The van der Waals surface area contributed by atoms with Gasteiger partial charge in [-0.25, -0.2) is 0 Å². The first-order valence-corrected chi connectivity index (χ1v) is 11.7. The Kier molecular flexibility index (Phi) is 17.4. The number of carbonyl (C=O) groups excluding carboxylic acids is 1. The van der Waals surface area contributed by atoms with Crippen LogP contribution in [-0.4, -0.2) is 18.0 Å². The highest BCUT2D eigenvalue weighted by Gasteiger charge is 2.33. The minimum Gasteiger partial charge on any atom is -0.368 e. The zero-order valence-corrected chi connectivity index (χ0v) is 18.2. The van der Waals surface area contributed by atoms with Gasteiger partial charge in [-0.15, -0.1) is 0 Å². The molecule has 0 rings (SSSR count). The molecule has 0 aliphatic heterocycles. The van der Waals surface area contributed by atoms with E-state index in [4.69, 9.17) is 5.73 Å². The second-order valence-electron chi connectivity index (χ2n) is 8.07. The number of nitrogens with two attached hydrogens (primary N) is 1. The summed E-state index contributed by atoms with van der Waals surface area (Å²) >= 11 is 0. The van der Waals surface area contributed by atoms with Gasteiger partial charge in [0.2, 0.25) is 5.91 Å². The van der Waals surface area contributed by atoms with E-state index in [0.717, 1.165) is 32.2 Å². The highest BCUT2D eigenvalue weighted by Crippen LogP contribution is 2.20. The Hall–Kier alpha value is -0.570. The predicted molar refractivity (Wildman–Crippen MR) is 115 cm³/mol. The molecule has 0 radical (unpaired) electrons. The molecule has 0 aromatic heterocycles. The average Bonchev–Trinajstić information content (AvgIpc) is 2.64. The molecule has 3 N–H and O–H groups in total. The number of rotatable bonds is 20. The fourth-order valence-corrected chi connectivity index (χ4v) is 3.75. The van der Waals surface area contributed by atoms with Crippen molar-refractivity contribution in [2.75, 3.05) is 6.54 Å². The second kappa shape index (κ2) is 17.8. The van der Waals surface area contributed by atoms with E-state index in [9.17, 15) is 4.79 Å². The van der Waals surface area contributed by atoms with E-state index in [-0.39, 0.29) is 5.91 Å². The summed E-state index contributed by atoms with van der Waals surface area (Å²) in [6.07, 6.45) is 21.4. The fraction of sp³-hybridized carbons (Fsp3) is 0.957. The summed E-state index contributed by atoms with van der Waals surface area (Å²) < 4.78 is 0. The third-order valence-corrected chi connectivity index (χ3v) is 5.78. The van der Waals surface area contributed by atoms with Crippen molar-refractivity contribution >= 4 is 5.91 Å². The van der Waals surface area contributed by atoms with Crippen molar-refractivity contribution in [1.29, 1.82) is 0 Å². The summed E-state index contributed by atoms with van der Waals surface area (Å²) in [5, 5.41) is 3.48. The van der Waals surface area contributed by atoms with Crippen LogP contribution in [0.5, 0.6) is 0 Å². The second-order valence-corrected chi connectivity index (χ2v) is 8.07. The van der Waals surface area contributed by atoms with Gasteiger partial charge in [-0.1, -0.05) is 111 Å². The smallest absolute Gasteiger partial charge is 0.237 e. The number of nitrogens with one attached hydrogen (secondary N) is 1. The minimum atomic E-state index is -0.480. The lowest BCUT2D eigenvalue weighted by Gasteiger charge is -2.31. The molecule has 0 spiro atoms. The lowest BCUT2D eigenvalue weighted by molar-refractivity contribution is -0.125. The quantitative estimate of drug-likeness (QED) is 0.241. The molecular formula is C23H48N2O. The molecule has 156 valence electrons. The van der Waals surface area contributed by atoms with Gasteiger partial charge < -0.3 is 11.1 Å². The van der Waals surface area contributed by atoms with Crippen LogP contribution in [0.15, 0.2) is 0 Å². The van der Waals surface area contributed by atoms with Crippen molar-refractivity contribution in [2.24, 2.45) is 5.73 Å². The van der Waals surface area contributed by atoms with Crippen molar-refractivity contribution in [2.45, 2.75) is 135 Å². The zero-order valence-electron chi connectivity index (χ0n) is 18.2. The van der Waals surface area contributed by atoms with E-state index in [1.54, 1.807) is 0 Å². The topological polar surface area (TPSA) is 55.1 Å². The van der Waals surface area contributed by atoms with Crippen molar-refractivity contribution in [1.82, 2.24) is 5.32 Å². The molecule has 0 aliphatic rings. The van der Waals surface area contributed by atoms with Gasteiger partial charge in [0.05, 0.1) is 5.54 Å². The first-order valence-electron chi connectivity index (χ1n) is 11.7. The van der Waals surface area contributed by atoms with E-state index in [0.29, 0.717) is 0 Å². The van der Waals surface area contributed by atoms with Crippen LogP contribution in [0.2, 0.25) is 0 Å². The minimum absolute atomic E-state index is 0.167. The summed E-state index contributed by atoms with van der Waals surface area (Å²) in [6, 6.07) is 0. The molecule has 0 aliphatic carbocycles. The Labute approximate surface area is 164 Å². The molecule has 3 heteroatoms. The number of hydrogen-bond donors (Lipinski definition) is 2. The van der Waals surface area contributed by atoms with E-state index in [1.807, 2.05) is 0 Å². The molecule has 1 unspecified atom stereocenters. The number of primary amides is 1. The summed E-state index contributed by atoms with van der Waals surface area (Å²) in [6.45, 7) is 7.46. The van der Waals surface area contributed by atoms with E-state index in [1.165, 1.54) is 83.5 Å². The number of unbranched alkanes of at least 4 members (excludes halogenated alkanes) is 13. The van der Waals surface area contributed by atoms with Crippen LogP contribution in [0, 0.1) is 0 Å². The van der Waals surface area contributed by atoms with Gasteiger partial charge in [-0.3, -0.25) is 4.79 Å². The average molecular weight is 369 g/mol. The molecular weight excluding hydrogens is 320 g/mol. The lowest BCUT2D eigenvalue weighted by atomic mass is 9.88. The van der Waals surface area contributed by atoms with Crippen LogP contribution in [0.4, 0.5) is 0 Å². The molecule has 1 atom stereocenters. The molecule has 0 saturated heterocycles. The summed E-state index contributed by atoms with van der Waals surface area (Å²) in [5.74, 6) is -0.167. The highest BCUT2D eigenvalue weighted by molar-refractivity contribution is 5.84. The standard InChI is InChI=1S/C23H48N2O/c1-4-7-9-10-11-12-13-14-15-16-17-18-20-23(6-3,22(24)26)25-21-19-8-5-2/h25H,4-21H2,1-3H3,(H2,24,26). The summed E-state index contributed by atoms with van der Waals surface area (Å²) in [4.78, 5) is 12.0. The fourth-order valence-electron chi connectivity index (χ4n) is 3.75. The highest BCUT2D eigenvalue weighted by atomic mass is 16.1. The zero-order chi connectivity index (χ0) is 19.5. The Morgan fingerprint density at radius 1 is 0.692 bits per heavy atom. The van der Waals surface area contributed by atoms with Crippen LogP contribution in [-0.2, 0) is 4.79 Å². The van der Waals surface area contributed by atoms with Gasteiger partial charge >= 0.3 is 0 Å². The summed E-state index contributed by atoms with van der Waals surface area (Å²) in [5.41, 5.74) is 5.25. The van der Waals surface area contributed by atoms with E-state index in [2.05, 4.69) is 26.1 Å². The Bertz CT molecular complexity index is 319. The van der Waals surface area contributed by atoms with Gasteiger partial charge in [-0.05, 0) is 25.8 Å². The molecule has 0 bridgehead atoms. The molecule has 0 fully saturated rings. The molecule has 0 aromatic rings. The van der Waals surface area contributed by atoms with Gasteiger partial charge in [0.25, 0.3) is 0 Å². The molecule has 0 saturated carbocycles. The van der Waals surface area contributed by atoms with Crippen molar-refractivity contribution in [3.8, 4) is 0 Å².